The largest absolute Gasteiger partial charge is 0.290 e. The van der Waals surface area contributed by atoms with E-state index in [2.05, 4.69) is 0 Å². The molecule has 0 aliphatic heterocycles. The Morgan fingerprint density at radius 1 is 1.50 bits per heavy atom. The van der Waals surface area contributed by atoms with Crippen molar-refractivity contribution in [2.45, 2.75) is 0 Å². The maximum Gasteiger partial charge on any atom is 0.180 e. The summed E-state index contributed by atoms with van der Waals surface area (Å²) >= 11 is 0. The fourth-order valence-electron chi connectivity index (χ4n) is 0.590. The molecule has 0 N–H and O–H groups in total. The molecule has 3 heteroatoms. The van der Waals surface area contributed by atoms with Crippen LogP contribution in [0.15, 0.2) is 18.2 Å². The van der Waals surface area contributed by atoms with Crippen LogP contribution in [-0.2, 0) is 5.11 Å². The van der Waals surface area contributed by atoms with Gasteiger partial charge in [0.25, 0.3) is 0 Å². The number of hydrogen-bond donors (Lipinski definition) is 0. The first-order valence-corrected chi connectivity index (χ1v) is 2.60. The third-order valence-corrected chi connectivity index (χ3v) is 1.06. The average Bonchev–Trinajstić information content (AvgIpc) is 1.94. The van der Waals surface area contributed by atoms with Crippen molar-refractivity contribution in [3.63, 3.8) is 0 Å². The molecule has 0 aliphatic carbocycles. The van der Waals surface area contributed by atoms with Crippen LogP contribution in [0.2, 0.25) is 0 Å². The van der Waals surface area contributed by atoms with Crippen LogP contribution in [0.3, 0.4) is 0 Å². The fraction of sp³-hybridized carbons (Fsp3) is 0. The Morgan fingerprint density at radius 3 is 2.70 bits per heavy atom. The third kappa shape index (κ3) is 1.06. The molecule has 0 saturated heterocycles. The number of nitriles is 1. The molecule has 0 aromatic heterocycles. The van der Waals surface area contributed by atoms with E-state index in [1.165, 1.54) is 0 Å². The second-order valence-corrected chi connectivity index (χ2v) is 1.75. The van der Waals surface area contributed by atoms with Gasteiger partial charge in [-0.2, -0.15) is 5.26 Å². The molecule has 1 radical (unpaired) electrons. The van der Waals surface area contributed by atoms with Crippen molar-refractivity contribution in [1.82, 2.24) is 0 Å². The number of nitrogens with zero attached hydrogens (tertiary/aromatic N) is 1. The average molecular weight is 136 g/mol. The lowest BCUT2D eigenvalue weighted by molar-refractivity contribution is 0.354. The minimum atomic E-state index is -0.651. The summed E-state index contributed by atoms with van der Waals surface area (Å²) in [6.07, 6.45) is 0. The van der Waals surface area contributed by atoms with Gasteiger partial charge < -0.3 is 0 Å². The molecule has 0 spiro atoms. The Bertz CT molecular complexity index is 290. The molecule has 0 atom stereocenters. The van der Waals surface area contributed by atoms with Crippen molar-refractivity contribution >= 4 is 0 Å². The minimum Gasteiger partial charge on any atom is -0.290 e. The van der Waals surface area contributed by atoms with Crippen LogP contribution in [0.25, 0.3) is 0 Å². The molecule has 0 bridgehead atoms. The van der Waals surface area contributed by atoms with E-state index in [4.69, 9.17) is 5.26 Å². The van der Waals surface area contributed by atoms with Gasteiger partial charge in [0, 0.05) is 6.07 Å². The molecule has 0 amide bonds. The number of rotatable bonds is 0. The molecule has 0 fully saturated rings. The summed E-state index contributed by atoms with van der Waals surface area (Å²) in [5.74, 6) is -1.000. The minimum absolute atomic E-state index is 0.201. The van der Waals surface area contributed by atoms with Gasteiger partial charge in [-0.15, -0.1) is 0 Å². The fourth-order valence-corrected chi connectivity index (χ4v) is 0.590. The zero-order valence-electron chi connectivity index (χ0n) is 4.97. The zero-order chi connectivity index (χ0) is 7.56. The lowest BCUT2D eigenvalue weighted by Crippen LogP contribution is -1.79. The SMILES string of the molecule is N#Cc1cc([O])ccc1F. The Morgan fingerprint density at radius 2 is 2.20 bits per heavy atom. The third-order valence-electron chi connectivity index (χ3n) is 1.06. The van der Waals surface area contributed by atoms with Gasteiger partial charge in [-0.05, 0) is 12.1 Å². The van der Waals surface area contributed by atoms with Crippen LogP contribution in [0.4, 0.5) is 4.39 Å². The van der Waals surface area contributed by atoms with Crippen molar-refractivity contribution in [1.29, 1.82) is 5.26 Å². The van der Waals surface area contributed by atoms with E-state index < -0.39 is 5.82 Å². The van der Waals surface area contributed by atoms with Gasteiger partial charge in [0.1, 0.15) is 11.9 Å². The summed E-state index contributed by atoms with van der Waals surface area (Å²) in [6, 6.07) is 4.60. The highest BCUT2D eigenvalue weighted by Gasteiger charge is 2.01. The van der Waals surface area contributed by atoms with E-state index in [0.29, 0.717) is 0 Å². The predicted octanol–water partition coefficient (Wildman–Crippen LogP) is 1.84. The van der Waals surface area contributed by atoms with Gasteiger partial charge in [-0.25, -0.2) is 4.39 Å². The normalized spacial score (nSPS) is 8.80. The van der Waals surface area contributed by atoms with Crippen LogP contribution < -0.4 is 0 Å². The maximum absolute atomic E-state index is 12.4. The summed E-state index contributed by atoms with van der Waals surface area (Å²) < 4.78 is 12.4. The van der Waals surface area contributed by atoms with Gasteiger partial charge in [0.05, 0.1) is 5.56 Å². The monoisotopic (exact) mass is 136 g/mol. The first-order chi connectivity index (χ1) is 4.74. The summed E-state index contributed by atoms with van der Waals surface area (Å²) in [6.45, 7) is 0. The van der Waals surface area contributed by atoms with E-state index >= 15 is 0 Å². The molecule has 49 valence electrons. The molecule has 0 saturated carbocycles. The first kappa shape index (κ1) is 6.56. The summed E-state index contributed by atoms with van der Waals surface area (Å²) in [5.41, 5.74) is -0.201. The van der Waals surface area contributed by atoms with Crippen LogP contribution in [0, 0.1) is 17.1 Å². The van der Waals surface area contributed by atoms with Crippen LogP contribution in [0.1, 0.15) is 5.56 Å². The van der Waals surface area contributed by atoms with Crippen molar-refractivity contribution in [2.75, 3.05) is 0 Å². The second-order valence-electron chi connectivity index (χ2n) is 1.75. The molecule has 0 aliphatic rings. The predicted molar refractivity (Wildman–Crippen MR) is 31.2 cm³/mol. The molecule has 2 nitrogen and oxygen atoms in total. The topological polar surface area (TPSA) is 43.7 Å². The van der Waals surface area contributed by atoms with Gasteiger partial charge in [-0.1, -0.05) is 0 Å². The Hall–Kier alpha value is -1.56. The zero-order valence-corrected chi connectivity index (χ0v) is 4.97. The summed E-state index contributed by atoms with van der Waals surface area (Å²) in [5, 5.41) is 18.7. The molecule has 1 aromatic rings. The van der Waals surface area contributed by atoms with E-state index in [9.17, 15) is 9.50 Å². The highest BCUT2D eigenvalue weighted by atomic mass is 19.1. The molecular weight excluding hydrogens is 133 g/mol. The van der Waals surface area contributed by atoms with Crippen molar-refractivity contribution in [3.05, 3.63) is 29.6 Å². The smallest absolute Gasteiger partial charge is 0.180 e. The molecule has 0 heterocycles. The number of halogens is 1. The van der Waals surface area contributed by atoms with Crippen LogP contribution in [-0.4, -0.2) is 0 Å². The second kappa shape index (κ2) is 2.36. The highest BCUT2D eigenvalue weighted by Crippen LogP contribution is 2.14. The summed E-state index contributed by atoms with van der Waals surface area (Å²) in [4.78, 5) is 0. The summed E-state index contributed by atoms with van der Waals surface area (Å²) in [7, 11) is 0. The first-order valence-electron chi connectivity index (χ1n) is 2.60. The van der Waals surface area contributed by atoms with Crippen molar-refractivity contribution in [2.24, 2.45) is 0 Å². The van der Waals surface area contributed by atoms with E-state index in [1.807, 2.05) is 0 Å². The van der Waals surface area contributed by atoms with Gasteiger partial charge in [0.2, 0.25) is 0 Å². The van der Waals surface area contributed by atoms with Crippen LogP contribution >= 0.6 is 0 Å². The Labute approximate surface area is 57.1 Å². The number of hydrogen-bond acceptors (Lipinski definition) is 1. The molecular formula is C7H3FNO. The standard InChI is InChI=1S/C7H3FNO/c8-7-2-1-6(10)3-5(7)4-9/h1-3H. The Balaban J connectivity index is 3.25. The molecule has 0 unspecified atom stereocenters. The quantitative estimate of drug-likeness (QED) is 0.536. The molecule has 1 aromatic carbocycles. The number of benzene rings is 1. The maximum atomic E-state index is 12.4. The lowest BCUT2D eigenvalue weighted by atomic mass is 10.2. The van der Waals surface area contributed by atoms with Crippen LogP contribution in [0.5, 0.6) is 5.75 Å². The molecule has 10 heavy (non-hydrogen) atoms. The van der Waals surface area contributed by atoms with Gasteiger partial charge in [0.15, 0.2) is 5.75 Å². The van der Waals surface area contributed by atoms with Gasteiger partial charge in [-0.3, -0.25) is 5.11 Å². The Kier molecular flexibility index (Phi) is 1.55. The highest BCUT2D eigenvalue weighted by molar-refractivity contribution is 5.36. The van der Waals surface area contributed by atoms with E-state index in [0.717, 1.165) is 18.2 Å². The van der Waals surface area contributed by atoms with Crippen molar-refractivity contribution in [3.8, 4) is 11.8 Å². The molecule has 1 rings (SSSR count). The van der Waals surface area contributed by atoms with E-state index in [-0.39, 0.29) is 11.3 Å². The van der Waals surface area contributed by atoms with E-state index in [1.54, 1.807) is 6.07 Å². The lowest BCUT2D eigenvalue weighted by Gasteiger charge is -1.89. The van der Waals surface area contributed by atoms with Crippen molar-refractivity contribution < 1.29 is 9.50 Å². The van der Waals surface area contributed by atoms with Gasteiger partial charge >= 0.3 is 0 Å².